The van der Waals surface area contributed by atoms with Crippen LogP contribution in [0.3, 0.4) is 0 Å². The summed E-state index contributed by atoms with van der Waals surface area (Å²) in [6.45, 7) is 4.25. The molecule has 1 aliphatic carbocycles. The Kier molecular flexibility index (Phi) is 3.62. The first kappa shape index (κ1) is 9.61. The molecule has 1 rings (SSSR count). The van der Waals surface area contributed by atoms with Crippen molar-refractivity contribution in [3.05, 3.63) is 0 Å². The lowest BCUT2D eigenvalue weighted by Gasteiger charge is -2.20. The van der Waals surface area contributed by atoms with Gasteiger partial charge in [0.25, 0.3) is 0 Å². The molecule has 12 heavy (non-hydrogen) atoms. The van der Waals surface area contributed by atoms with Crippen molar-refractivity contribution in [3.8, 4) is 11.8 Å². The summed E-state index contributed by atoms with van der Waals surface area (Å²) in [7, 11) is 2.04. The van der Waals surface area contributed by atoms with Gasteiger partial charge in [-0.1, -0.05) is 6.92 Å². The van der Waals surface area contributed by atoms with Crippen molar-refractivity contribution in [3.63, 3.8) is 0 Å². The van der Waals surface area contributed by atoms with Crippen molar-refractivity contribution >= 4 is 0 Å². The maximum Gasteiger partial charge on any atom is 0.0245 e. The van der Waals surface area contributed by atoms with Crippen molar-refractivity contribution in [2.75, 3.05) is 7.05 Å². The first-order valence-corrected chi connectivity index (χ1v) is 4.86. The number of hydrogen-bond acceptors (Lipinski definition) is 1. The van der Waals surface area contributed by atoms with E-state index < -0.39 is 0 Å². The molecule has 2 atom stereocenters. The Bertz CT molecular complexity index is 183. The minimum Gasteiger partial charge on any atom is -0.316 e. The molecular weight excluding hydrogens is 146 g/mol. The van der Waals surface area contributed by atoms with E-state index in [1.54, 1.807) is 0 Å². The predicted molar refractivity (Wildman–Crippen MR) is 52.8 cm³/mol. The van der Waals surface area contributed by atoms with Crippen LogP contribution in [0.1, 0.15) is 33.1 Å². The Morgan fingerprint density at radius 1 is 1.50 bits per heavy atom. The molecule has 1 N–H and O–H groups in total. The van der Waals surface area contributed by atoms with Crippen molar-refractivity contribution in [1.82, 2.24) is 5.32 Å². The van der Waals surface area contributed by atoms with Crippen LogP contribution in [0.2, 0.25) is 0 Å². The van der Waals surface area contributed by atoms with E-state index in [0.29, 0.717) is 6.04 Å². The van der Waals surface area contributed by atoms with Gasteiger partial charge in [0, 0.05) is 12.5 Å². The summed E-state index contributed by atoms with van der Waals surface area (Å²) in [6, 6.07) is 0.602. The quantitative estimate of drug-likeness (QED) is 0.629. The number of nitrogens with one attached hydrogen (secondary N) is 1. The molecule has 0 aliphatic heterocycles. The van der Waals surface area contributed by atoms with Crippen molar-refractivity contribution in [2.24, 2.45) is 11.8 Å². The first-order chi connectivity index (χ1) is 5.79. The molecule has 1 nitrogen and oxygen atoms in total. The highest BCUT2D eigenvalue weighted by atomic mass is 14.9. The van der Waals surface area contributed by atoms with Gasteiger partial charge in [0.1, 0.15) is 0 Å². The lowest BCUT2D eigenvalue weighted by Crippen LogP contribution is -2.32. The van der Waals surface area contributed by atoms with Crippen LogP contribution < -0.4 is 5.32 Å². The van der Waals surface area contributed by atoms with Crippen LogP contribution in [0, 0.1) is 23.7 Å². The predicted octanol–water partition coefficient (Wildman–Crippen LogP) is 2.03. The highest BCUT2D eigenvalue weighted by molar-refractivity contribution is 5.00. The van der Waals surface area contributed by atoms with Crippen molar-refractivity contribution < 1.29 is 0 Å². The van der Waals surface area contributed by atoms with Crippen LogP contribution in [0.25, 0.3) is 0 Å². The fourth-order valence-electron chi connectivity index (χ4n) is 1.71. The van der Waals surface area contributed by atoms with Gasteiger partial charge >= 0.3 is 0 Å². The molecule has 0 bridgehead atoms. The topological polar surface area (TPSA) is 12.0 Å². The molecule has 1 heteroatoms. The lowest BCUT2D eigenvalue weighted by atomic mass is 9.94. The maximum absolute atomic E-state index is 3.36. The van der Waals surface area contributed by atoms with Crippen LogP contribution >= 0.6 is 0 Å². The molecule has 0 amide bonds. The summed E-state index contributed by atoms with van der Waals surface area (Å²) >= 11 is 0. The molecule has 1 saturated carbocycles. The van der Waals surface area contributed by atoms with Gasteiger partial charge in [-0.2, -0.15) is 0 Å². The molecule has 0 heterocycles. The van der Waals surface area contributed by atoms with Crippen LogP contribution in [0.4, 0.5) is 0 Å². The highest BCUT2D eigenvalue weighted by Gasteiger charge is 2.32. The Hall–Kier alpha value is -0.480. The fourth-order valence-corrected chi connectivity index (χ4v) is 1.71. The molecule has 1 fully saturated rings. The minimum atomic E-state index is 0.602. The van der Waals surface area contributed by atoms with E-state index in [-0.39, 0.29) is 0 Å². The number of hydrogen-bond donors (Lipinski definition) is 1. The van der Waals surface area contributed by atoms with Crippen molar-refractivity contribution in [2.45, 2.75) is 39.2 Å². The second-order valence-electron chi connectivity index (χ2n) is 3.72. The summed E-state index contributed by atoms with van der Waals surface area (Å²) in [5, 5.41) is 3.36. The Labute approximate surface area is 75.9 Å². The highest BCUT2D eigenvalue weighted by Crippen LogP contribution is 2.38. The van der Waals surface area contributed by atoms with Crippen LogP contribution in [0.5, 0.6) is 0 Å². The van der Waals surface area contributed by atoms with Gasteiger partial charge < -0.3 is 5.32 Å². The molecule has 0 spiro atoms. The fraction of sp³-hybridized carbons (Fsp3) is 0.818. The molecule has 1 aliphatic rings. The largest absolute Gasteiger partial charge is 0.316 e. The molecule has 2 unspecified atom stereocenters. The zero-order valence-corrected chi connectivity index (χ0v) is 8.35. The molecule has 0 aromatic heterocycles. The summed E-state index contributed by atoms with van der Waals surface area (Å²) in [6.07, 6.45) is 3.86. The summed E-state index contributed by atoms with van der Waals surface area (Å²) in [5.41, 5.74) is 0. The zero-order chi connectivity index (χ0) is 8.97. The molecule has 0 aromatic carbocycles. The Morgan fingerprint density at radius 3 is 2.58 bits per heavy atom. The smallest absolute Gasteiger partial charge is 0.0245 e. The van der Waals surface area contributed by atoms with E-state index in [2.05, 4.69) is 24.1 Å². The van der Waals surface area contributed by atoms with Crippen LogP contribution in [-0.2, 0) is 0 Å². The van der Waals surface area contributed by atoms with E-state index in [0.717, 1.165) is 18.3 Å². The Balaban J connectivity index is 2.34. The standard InChI is InChI=1S/C11H19N/c1-4-5-6-11(12-3)9(2)10-7-8-10/h9-12H,6-8H2,1-3H3. The molecular formula is C11H19N. The maximum atomic E-state index is 3.36. The normalized spacial score (nSPS) is 20.9. The average molecular weight is 165 g/mol. The molecule has 0 aromatic rings. The van der Waals surface area contributed by atoms with Crippen LogP contribution in [0.15, 0.2) is 0 Å². The number of rotatable bonds is 4. The van der Waals surface area contributed by atoms with Gasteiger partial charge in [0.05, 0.1) is 0 Å². The van der Waals surface area contributed by atoms with Gasteiger partial charge in [0.2, 0.25) is 0 Å². The lowest BCUT2D eigenvalue weighted by molar-refractivity contribution is 0.365. The third-order valence-corrected chi connectivity index (χ3v) is 2.87. The average Bonchev–Trinajstić information content (AvgIpc) is 2.88. The molecule has 0 radical (unpaired) electrons. The Morgan fingerprint density at radius 2 is 2.17 bits per heavy atom. The van der Waals surface area contributed by atoms with E-state index >= 15 is 0 Å². The molecule has 68 valence electrons. The second kappa shape index (κ2) is 4.52. The summed E-state index contributed by atoms with van der Waals surface area (Å²) in [5.74, 6) is 7.88. The minimum absolute atomic E-state index is 0.602. The monoisotopic (exact) mass is 165 g/mol. The van der Waals surface area contributed by atoms with E-state index in [1.165, 1.54) is 12.8 Å². The van der Waals surface area contributed by atoms with Crippen molar-refractivity contribution in [1.29, 1.82) is 0 Å². The third-order valence-electron chi connectivity index (χ3n) is 2.87. The van der Waals surface area contributed by atoms with Gasteiger partial charge in [-0.15, -0.1) is 11.8 Å². The zero-order valence-electron chi connectivity index (χ0n) is 8.35. The summed E-state index contributed by atoms with van der Waals surface area (Å²) in [4.78, 5) is 0. The van der Waals surface area contributed by atoms with Gasteiger partial charge in [-0.3, -0.25) is 0 Å². The SMILES string of the molecule is CC#CCC(NC)C(C)C1CC1. The van der Waals surface area contributed by atoms with E-state index in [9.17, 15) is 0 Å². The molecule has 0 saturated heterocycles. The van der Waals surface area contributed by atoms with Crippen LogP contribution in [-0.4, -0.2) is 13.1 Å². The second-order valence-corrected chi connectivity index (χ2v) is 3.72. The van der Waals surface area contributed by atoms with Gasteiger partial charge in [0.15, 0.2) is 0 Å². The third kappa shape index (κ3) is 2.53. The van der Waals surface area contributed by atoms with Gasteiger partial charge in [-0.05, 0) is 38.6 Å². The first-order valence-electron chi connectivity index (χ1n) is 4.86. The van der Waals surface area contributed by atoms with Gasteiger partial charge in [-0.25, -0.2) is 0 Å². The van der Waals surface area contributed by atoms with E-state index in [4.69, 9.17) is 0 Å². The van der Waals surface area contributed by atoms with E-state index in [1.807, 2.05) is 14.0 Å². The summed E-state index contributed by atoms with van der Waals surface area (Å²) < 4.78 is 0.